The number of carboxylic acid groups (broad SMARTS) is 1. The van der Waals surface area contributed by atoms with Crippen LogP contribution in [0.1, 0.15) is 13.8 Å². The number of nitrogens with zero attached hydrogens (tertiary/aromatic N) is 4. The van der Waals surface area contributed by atoms with Crippen LogP contribution < -0.4 is 5.69 Å². The lowest BCUT2D eigenvalue weighted by molar-refractivity contribution is -0.148. The summed E-state index contributed by atoms with van der Waals surface area (Å²) in [5, 5.41) is 13.4. The van der Waals surface area contributed by atoms with Crippen molar-refractivity contribution in [1.82, 2.24) is 19.1 Å². The van der Waals surface area contributed by atoms with Crippen LogP contribution in [0.2, 0.25) is 0 Å². The molecule has 20 heavy (non-hydrogen) atoms. The number of aromatic nitrogens is 3. The molecule has 0 atom stereocenters. The highest BCUT2D eigenvalue weighted by atomic mass is 16.4. The molecular weight excluding hydrogens is 260 g/mol. The van der Waals surface area contributed by atoms with Crippen molar-refractivity contribution < 1.29 is 9.90 Å². The van der Waals surface area contributed by atoms with Gasteiger partial charge in [0, 0.05) is 12.7 Å². The fourth-order valence-electron chi connectivity index (χ4n) is 1.80. The first-order valence-corrected chi connectivity index (χ1v) is 6.33. The topological polar surface area (TPSA) is 79.8 Å². The summed E-state index contributed by atoms with van der Waals surface area (Å²) in [7, 11) is 1.72. The van der Waals surface area contributed by atoms with Gasteiger partial charge in [0.25, 0.3) is 0 Å². The Morgan fingerprint density at radius 3 is 2.75 bits per heavy atom. The van der Waals surface area contributed by atoms with Gasteiger partial charge in [-0.3, -0.25) is 14.1 Å². The molecule has 0 aliphatic rings. The number of aliphatic carboxylic acids is 1. The first-order valence-electron chi connectivity index (χ1n) is 6.33. The maximum atomic E-state index is 12.1. The van der Waals surface area contributed by atoms with Gasteiger partial charge in [0.15, 0.2) is 5.65 Å². The van der Waals surface area contributed by atoms with Gasteiger partial charge in [-0.2, -0.15) is 0 Å². The van der Waals surface area contributed by atoms with E-state index in [1.807, 2.05) is 6.07 Å². The lowest BCUT2D eigenvalue weighted by Crippen LogP contribution is -2.49. The van der Waals surface area contributed by atoms with Crippen molar-refractivity contribution in [2.75, 3.05) is 13.6 Å². The average Bonchev–Trinajstić information content (AvgIpc) is 2.73. The van der Waals surface area contributed by atoms with Crippen molar-refractivity contribution >= 4 is 11.6 Å². The van der Waals surface area contributed by atoms with Crippen molar-refractivity contribution in [2.45, 2.75) is 25.9 Å². The molecule has 7 heteroatoms. The van der Waals surface area contributed by atoms with Crippen LogP contribution in [0.4, 0.5) is 0 Å². The Labute approximate surface area is 116 Å². The maximum absolute atomic E-state index is 12.1. The molecule has 2 rings (SSSR count). The minimum atomic E-state index is -0.983. The van der Waals surface area contributed by atoms with Crippen LogP contribution >= 0.6 is 0 Å². The van der Waals surface area contributed by atoms with Crippen LogP contribution in [-0.2, 0) is 11.3 Å². The van der Waals surface area contributed by atoms with Gasteiger partial charge in [-0.25, -0.2) is 9.48 Å². The van der Waals surface area contributed by atoms with Crippen molar-refractivity contribution in [2.24, 2.45) is 0 Å². The van der Waals surface area contributed by atoms with E-state index in [1.54, 1.807) is 44.1 Å². The summed E-state index contributed by atoms with van der Waals surface area (Å²) >= 11 is 0. The van der Waals surface area contributed by atoms with Crippen molar-refractivity contribution in [3.05, 3.63) is 34.9 Å². The van der Waals surface area contributed by atoms with Crippen LogP contribution in [0.3, 0.4) is 0 Å². The van der Waals surface area contributed by atoms with Crippen LogP contribution in [0, 0.1) is 0 Å². The Morgan fingerprint density at radius 1 is 1.45 bits per heavy atom. The number of carboxylic acids is 1. The van der Waals surface area contributed by atoms with E-state index in [2.05, 4.69) is 5.10 Å². The number of fused-ring (bicyclic) bond motifs is 1. The second kappa shape index (κ2) is 5.09. The Morgan fingerprint density at radius 2 is 2.15 bits per heavy atom. The molecule has 0 saturated heterocycles. The normalized spacial score (nSPS) is 12.2. The minimum Gasteiger partial charge on any atom is -0.480 e. The van der Waals surface area contributed by atoms with E-state index in [1.165, 1.54) is 9.08 Å². The van der Waals surface area contributed by atoms with Crippen LogP contribution in [0.5, 0.6) is 0 Å². The Balaban J connectivity index is 2.16. The highest BCUT2D eigenvalue weighted by Gasteiger charge is 2.31. The summed E-state index contributed by atoms with van der Waals surface area (Å²) in [6.45, 7) is 4.01. The number of hydrogen-bond acceptors (Lipinski definition) is 4. The molecule has 2 aromatic rings. The zero-order valence-corrected chi connectivity index (χ0v) is 11.8. The van der Waals surface area contributed by atoms with Gasteiger partial charge in [0.2, 0.25) is 0 Å². The van der Waals surface area contributed by atoms with E-state index in [0.29, 0.717) is 18.7 Å². The molecule has 0 radical (unpaired) electrons. The van der Waals surface area contributed by atoms with E-state index in [-0.39, 0.29) is 5.69 Å². The summed E-state index contributed by atoms with van der Waals surface area (Å²) in [5.41, 5.74) is -0.622. The zero-order valence-electron chi connectivity index (χ0n) is 11.8. The standard InChI is InChI=1S/C13H18N4O3/c1-13(2,11(18)19)15(3)8-9-17-12(20)16-7-5-4-6-10(16)14-17/h4-7H,8-9H2,1-3H3,(H,18,19). The second-order valence-corrected chi connectivity index (χ2v) is 5.22. The molecule has 0 saturated carbocycles. The number of rotatable bonds is 5. The molecular formula is C13H18N4O3. The smallest absolute Gasteiger partial charge is 0.350 e. The molecule has 0 aliphatic carbocycles. The summed E-state index contributed by atoms with van der Waals surface area (Å²) in [5.74, 6) is -0.901. The lowest BCUT2D eigenvalue weighted by Gasteiger charge is -2.31. The van der Waals surface area contributed by atoms with Gasteiger partial charge in [-0.1, -0.05) is 6.07 Å². The molecule has 2 heterocycles. The van der Waals surface area contributed by atoms with Crippen LogP contribution in [0.25, 0.3) is 5.65 Å². The van der Waals surface area contributed by atoms with E-state index in [4.69, 9.17) is 5.11 Å². The van der Waals surface area contributed by atoms with E-state index < -0.39 is 11.5 Å². The van der Waals surface area contributed by atoms with Gasteiger partial charge < -0.3 is 5.11 Å². The third-order valence-electron chi connectivity index (χ3n) is 3.61. The molecule has 0 unspecified atom stereocenters. The molecule has 7 nitrogen and oxygen atoms in total. The molecule has 1 N–H and O–H groups in total. The van der Waals surface area contributed by atoms with Gasteiger partial charge in [-0.15, -0.1) is 5.10 Å². The number of pyridine rings is 1. The lowest BCUT2D eigenvalue weighted by atomic mass is 10.0. The van der Waals surface area contributed by atoms with Crippen molar-refractivity contribution in [3.8, 4) is 0 Å². The number of carbonyl (C=O) groups is 1. The first kappa shape index (κ1) is 14.3. The predicted molar refractivity (Wildman–Crippen MR) is 73.8 cm³/mol. The maximum Gasteiger partial charge on any atom is 0.350 e. The summed E-state index contributed by atoms with van der Waals surface area (Å²) in [6, 6.07) is 5.33. The fraction of sp³-hybridized carbons (Fsp3) is 0.462. The Kier molecular flexibility index (Phi) is 3.63. The summed E-state index contributed by atoms with van der Waals surface area (Å²) < 4.78 is 2.81. The van der Waals surface area contributed by atoms with Crippen LogP contribution in [-0.4, -0.2) is 49.3 Å². The van der Waals surface area contributed by atoms with E-state index in [0.717, 1.165) is 0 Å². The van der Waals surface area contributed by atoms with Crippen molar-refractivity contribution in [1.29, 1.82) is 0 Å². The number of hydrogen-bond donors (Lipinski definition) is 1. The highest BCUT2D eigenvalue weighted by Crippen LogP contribution is 2.11. The molecule has 0 amide bonds. The van der Waals surface area contributed by atoms with Gasteiger partial charge in [0.1, 0.15) is 5.54 Å². The Hall–Kier alpha value is -2.15. The number of likely N-dealkylation sites (N-methyl/N-ethyl adjacent to an activating group) is 1. The SMILES string of the molecule is CN(CCn1nc2ccccn2c1=O)C(C)(C)C(=O)O. The summed E-state index contributed by atoms with van der Waals surface area (Å²) in [4.78, 5) is 24.9. The largest absolute Gasteiger partial charge is 0.480 e. The van der Waals surface area contributed by atoms with Gasteiger partial charge in [0.05, 0.1) is 6.54 Å². The minimum absolute atomic E-state index is 0.220. The van der Waals surface area contributed by atoms with Crippen LogP contribution in [0.15, 0.2) is 29.2 Å². The zero-order chi connectivity index (χ0) is 14.9. The molecule has 108 valence electrons. The van der Waals surface area contributed by atoms with E-state index >= 15 is 0 Å². The molecule has 0 aliphatic heterocycles. The monoisotopic (exact) mass is 278 g/mol. The molecule has 0 fully saturated rings. The molecule has 2 aromatic heterocycles. The molecule has 0 spiro atoms. The van der Waals surface area contributed by atoms with Gasteiger partial charge in [-0.05, 0) is 33.0 Å². The van der Waals surface area contributed by atoms with E-state index in [9.17, 15) is 9.59 Å². The quantitative estimate of drug-likeness (QED) is 0.850. The molecule has 0 aromatic carbocycles. The Bertz CT molecular complexity index is 686. The average molecular weight is 278 g/mol. The third-order valence-corrected chi connectivity index (χ3v) is 3.61. The highest BCUT2D eigenvalue weighted by molar-refractivity contribution is 5.77. The predicted octanol–water partition coefficient (Wildman–Crippen LogP) is 0.291. The summed E-state index contributed by atoms with van der Waals surface area (Å²) in [6.07, 6.45) is 1.66. The fourth-order valence-corrected chi connectivity index (χ4v) is 1.80. The third kappa shape index (κ3) is 2.44. The first-order chi connectivity index (χ1) is 9.34. The van der Waals surface area contributed by atoms with Gasteiger partial charge >= 0.3 is 11.7 Å². The second-order valence-electron chi connectivity index (χ2n) is 5.22. The molecule has 0 bridgehead atoms. The van der Waals surface area contributed by atoms with Crippen molar-refractivity contribution in [3.63, 3.8) is 0 Å².